The molecule has 0 aliphatic carbocycles. The van der Waals surface area contributed by atoms with E-state index in [1.165, 1.54) is 6.08 Å². The average Bonchev–Trinajstić information content (AvgIpc) is 2.86. The zero-order chi connectivity index (χ0) is 14.4. The molecule has 5 heteroatoms. The SMILES string of the molecule is C=CCOC(=O)NCC(N)Cc1coc2ccccc12. The van der Waals surface area contributed by atoms with Crippen LogP contribution in [0.25, 0.3) is 11.0 Å². The molecule has 0 fully saturated rings. The van der Waals surface area contributed by atoms with Gasteiger partial charge in [0.1, 0.15) is 12.2 Å². The first-order valence-corrected chi connectivity index (χ1v) is 6.43. The van der Waals surface area contributed by atoms with Crippen molar-refractivity contribution in [1.29, 1.82) is 0 Å². The van der Waals surface area contributed by atoms with E-state index in [1.807, 2.05) is 24.3 Å². The van der Waals surface area contributed by atoms with Gasteiger partial charge in [-0.3, -0.25) is 0 Å². The summed E-state index contributed by atoms with van der Waals surface area (Å²) >= 11 is 0. The Bertz CT molecular complexity index is 592. The van der Waals surface area contributed by atoms with Crippen molar-refractivity contribution in [2.75, 3.05) is 13.2 Å². The van der Waals surface area contributed by atoms with Crippen LogP contribution in [0.4, 0.5) is 4.79 Å². The van der Waals surface area contributed by atoms with Crippen molar-refractivity contribution in [3.63, 3.8) is 0 Å². The molecule has 0 spiro atoms. The molecule has 3 N–H and O–H groups in total. The number of ether oxygens (including phenoxy) is 1. The van der Waals surface area contributed by atoms with Crippen LogP contribution in [0.15, 0.2) is 47.6 Å². The largest absolute Gasteiger partial charge is 0.464 e. The van der Waals surface area contributed by atoms with Crippen molar-refractivity contribution in [2.45, 2.75) is 12.5 Å². The normalized spacial score (nSPS) is 12.1. The standard InChI is InChI=1S/C15H18N2O3/c1-2-7-19-15(18)17-9-12(16)8-11-10-20-14-6-4-3-5-13(11)14/h2-6,10,12H,1,7-9,16H2,(H,17,18). The minimum absolute atomic E-state index is 0.188. The maximum Gasteiger partial charge on any atom is 0.407 e. The van der Waals surface area contributed by atoms with Crippen LogP contribution in [-0.4, -0.2) is 25.3 Å². The van der Waals surface area contributed by atoms with Gasteiger partial charge in [0.25, 0.3) is 0 Å². The summed E-state index contributed by atoms with van der Waals surface area (Å²) < 4.78 is 10.3. The van der Waals surface area contributed by atoms with Crippen molar-refractivity contribution in [3.8, 4) is 0 Å². The molecule has 2 rings (SSSR count). The maximum absolute atomic E-state index is 11.3. The van der Waals surface area contributed by atoms with Gasteiger partial charge in [0.2, 0.25) is 0 Å². The monoisotopic (exact) mass is 274 g/mol. The number of benzene rings is 1. The van der Waals surface area contributed by atoms with Crippen LogP contribution in [0.3, 0.4) is 0 Å². The molecule has 0 aliphatic heterocycles. The van der Waals surface area contributed by atoms with E-state index in [4.69, 9.17) is 14.9 Å². The number of amides is 1. The van der Waals surface area contributed by atoms with Crippen LogP contribution in [0.5, 0.6) is 0 Å². The number of rotatable bonds is 6. The molecule has 1 heterocycles. The van der Waals surface area contributed by atoms with Crippen molar-refractivity contribution in [1.82, 2.24) is 5.32 Å². The fourth-order valence-corrected chi connectivity index (χ4v) is 1.95. The molecule has 1 aromatic carbocycles. The van der Waals surface area contributed by atoms with Crippen LogP contribution >= 0.6 is 0 Å². The number of carbonyl (C=O) groups is 1. The molecule has 5 nitrogen and oxygen atoms in total. The zero-order valence-electron chi connectivity index (χ0n) is 11.2. The van der Waals surface area contributed by atoms with Crippen molar-refractivity contribution < 1.29 is 13.9 Å². The first kappa shape index (κ1) is 14.1. The zero-order valence-corrected chi connectivity index (χ0v) is 11.2. The van der Waals surface area contributed by atoms with Crippen LogP contribution in [-0.2, 0) is 11.2 Å². The molecule has 2 aromatic rings. The number of para-hydroxylation sites is 1. The fourth-order valence-electron chi connectivity index (χ4n) is 1.95. The molecule has 1 atom stereocenters. The first-order chi connectivity index (χ1) is 9.70. The number of nitrogens with two attached hydrogens (primary N) is 1. The summed E-state index contributed by atoms with van der Waals surface area (Å²) in [6.45, 7) is 4.00. The predicted octanol–water partition coefficient (Wildman–Crippen LogP) is 2.21. The molecule has 20 heavy (non-hydrogen) atoms. The molecular weight excluding hydrogens is 256 g/mol. The van der Waals surface area contributed by atoms with E-state index in [9.17, 15) is 4.79 Å². The Morgan fingerprint density at radius 1 is 1.50 bits per heavy atom. The third kappa shape index (κ3) is 3.61. The second kappa shape index (κ2) is 6.77. The molecule has 0 aliphatic rings. The van der Waals surface area contributed by atoms with Gasteiger partial charge in [0, 0.05) is 18.0 Å². The van der Waals surface area contributed by atoms with Crippen LogP contribution in [0.2, 0.25) is 0 Å². The second-order valence-corrected chi connectivity index (χ2v) is 4.49. The van der Waals surface area contributed by atoms with E-state index in [2.05, 4.69) is 11.9 Å². The maximum atomic E-state index is 11.3. The average molecular weight is 274 g/mol. The third-order valence-electron chi connectivity index (χ3n) is 2.88. The summed E-state index contributed by atoms with van der Waals surface area (Å²) in [5.74, 6) is 0. The molecule has 1 aromatic heterocycles. The molecule has 0 saturated carbocycles. The number of carbonyl (C=O) groups excluding carboxylic acids is 1. The summed E-state index contributed by atoms with van der Waals surface area (Å²) in [6.07, 6.45) is 3.36. The lowest BCUT2D eigenvalue weighted by molar-refractivity contribution is 0.157. The summed E-state index contributed by atoms with van der Waals surface area (Å²) in [7, 11) is 0. The molecule has 0 saturated heterocycles. The Morgan fingerprint density at radius 3 is 3.10 bits per heavy atom. The number of hydrogen-bond donors (Lipinski definition) is 2. The Balaban J connectivity index is 1.86. The van der Waals surface area contributed by atoms with Gasteiger partial charge in [-0.1, -0.05) is 30.9 Å². The third-order valence-corrected chi connectivity index (χ3v) is 2.88. The van der Waals surface area contributed by atoms with Crippen molar-refractivity contribution >= 4 is 17.1 Å². The van der Waals surface area contributed by atoms with E-state index in [0.717, 1.165) is 16.5 Å². The smallest absolute Gasteiger partial charge is 0.407 e. The number of fused-ring (bicyclic) bond motifs is 1. The second-order valence-electron chi connectivity index (χ2n) is 4.49. The summed E-state index contributed by atoms with van der Waals surface area (Å²) in [4.78, 5) is 11.3. The number of nitrogens with one attached hydrogen (secondary N) is 1. The Morgan fingerprint density at radius 2 is 2.30 bits per heavy atom. The van der Waals surface area contributed by atoms with E-state index in [-0.39, 0.29) is 12.6 Å². The lowest BCUT2D eigenvalue weighted by atomic mass is 10.1. The quantitative estimate of drug-likeness (QED) is 0.792. The van der Waals surface area contributed by atoms with Crippen molar-refractivity contribution in [3.05, 3.63) is 48.7 Å². The Kier molecular flexibility index (Phi) is 4.79. The van der Waals surface area contributed by atoms with Gasteiger partial charge in [0.15, 0.2) is 0 Å². The highest BCUT2D eigenvalue weighted by molar-refractivity contribution is 5.80. The van der Waals surface area contributed by atoms with Gasteiger partial charge in [0.05, 0.1) is 6.26 Å². The Hall–Kier alpha value is -2.27. The minimum Gasteiger partial charge on any atom is -0.464 e. The Labute approximate surface area is 117 Å². The molecule has 1 unspecified atom stereocenters. The highest BCUT2D eigenvalue weighted by atomic mass is 16.5. The first-order valence-electron chi connectivity index (χ1n) is 6.43. The van der Waals surface area contributed by atoms with Crippen LogP contribution < -0.4 is 11.1 Å². The molecule has 0 radical (unpaired) electrons. The molecule has 0 bridgehead atoms. The summed E-state index contributed by atoms with van der Waals surface area (Å²) in [5.41, 5.74) is 7.88. The highest BCUT2D eigenvalue weighted by Crippen LogP contribution is 2.21. The van der Waals surface area contributed by atoms with Gasteiger partial charge in [-0.15, -0.1) is 0 Å². The van der Waals surface area contributed by atoms with Crippen molar-refractivity contribution in [2.24, 2.45) is 5.73 Å². The van der Waals surface area contributed by atoms with Gasteiger partial charge in [-0.05, 0) is 18.1 Å². The van der Waals surface area contributed by atoms with Gasteiger partial charge in [-0.2, -0.15) is 0 Å². The number of alkyl carbamates (subject to hydrolysis) is 1. The van der Waals surface area contributed by atoms with Crippen LogP contribution in [0, 0.1) is 0 Å². The molecular formula is C15H18N2O3. The summed E-state index contributed by atoms with van der Waals surface area (Å²) in [5, 5.41) is 3.67. The van der Waals surface area contributed by atoms with E-state index >= 15 is 0 Å². The lowest BCUT2D eigenvalue weighted by Crippen LogP contribution is -2.38. The highest BCUT2D eigenvalue weighted by Gasteiger charge is 2.11. The molecule has 1 amide bonds. The predicted molar refractivity (Wildman–Crippen MR) is 77.4 cm³/mol. The van der Waals surface area contributed by atoms with Gasteiger partial charge in [-0.25, -0.2) is 4.79 Å². The fraction of sp³-hybridized carbons (Fsp3) is 0.267. The number of hydrogen-bond acceptors (Lipinski definition) is 4. The van der Waals surface area contributed by atoms with E-state index in [1.54, 1.807) is 6.26 Å². The lowest BCUT2D eigenvalue weighted by Gasteiger charge is -2.11. The van der Waals surface area contributed by atoms with Gasteiger partial charge >= 0.3 is 6.09 Å². The van der Waals surface area contributed by atoms with Crippen LogP contribution in [0.1, 0.15) is 5.56 Å². The van der Waals surface area contributed by atoms with Gasteiger partial charge < -0.3 is 20.2 Å². The van der Waals surface area contributed by atoms with E-state index < -0.39 is 6.09 Å². The van der Waals surface area contributed by atoms with E-state index in [0.29, 0.717) is 13.0 Å². The topological polar surface area (TPSA) is 77.5 Å². The number of furan rings is 1. The molecule has 106 valence electrons. The minimum atomic E-state index is -0.489. The summed E-state index contributed by atoms with van der Waals surface area (Å²) in [6, 6.07) is 7.58.